The molecule has 0 aliphatic heterocycles. The van der Waals surface area contributed by atoms with Crippen LogP contribution in [0.15, 0.2) is 0 Å². The predicted molar refractivity (Wildman–Crippen MR) is 107 cm³/mol. The molecule has 0 aliphatic carbocycles. The third kappa shape index (κ3) is 16.1. The number of nitrogens with one attached hydrogen (secondary N) is 2. The minimum Gasteiger partial charge on any atom is -0.369 e. The number of unbranched alkanes of at least 4 members (excludes halogenated alkanes) is 5. The fraction of sp³-hybridized carbons (Fsp3) is 0.895. The van der Waals surface area contributed by atoms with Crippen LogP contribution in [0.5, 0.6) is 0 Å². The summed E-state index contributed by atoms with van der Waals surface area (Å²) in [5.41, 5.74) is 0. The molecule has 6 heteroatoms. The van der Waals surface area contributed by atoms with E-state index < -0.39 is 0 Å². The summed E-state index contributed by atoms with van der Waals surface area (Å²) in [7, 11) is 1.96. The standard InChI is InChI=1S/C19H39N3O3.2H2/c1-16(2)22(5)14-18(23)20-12-10-8-6-7-9-11-13-21-19(24)15-25-17(3)4;;/h16-17H,6-15H2,1-5H3,(H,20,23)(H,21,24);2*1H. The molecule has 0 aromatic rings. The lowest BCUT2D eigenvalue weighted by molar-refractivity contribution is -0.127. The Hall–Kier alpha value is -1.14. The van der Waals surface area contributed by atoms with Crippen LogP contribution in [0.2, 0.25) is 0 Å². The highest BCUT2D eigenvalue weighted by Gasteiger charge is 2.08. The molecule has 0 atom stereocenters. The van der Waals surface area contributed by atoms with Crippen LogP contribution in [0.1, 0.15) is 69.1 Å². The van der Waals surface area contributed by atoms with E-state index in [1.165, 1.54) is 12.8 Å². The Labute approximate surface area is 157 Å². The van der Waals surface area contributed by atoms with Crippen molar-refractivity contribution in [3.63, 3.8) is 0 Å². The zero-order valence-corrected chi connectivity index (χ0v) is 16.9. The van der Waals surface area contributed by atoms with Gasteiger partial charge in [0.2, 0.25) is 11.8 Å². The SMILES string of the molecule is CC(C)OCC(=O)NCCCCCCCCNC(=O)CN(C)C(C)C.[HH].[HH]. The largest absolute Gasteiger partial charge is 0.369 e. The zero-order chi connectivity index (χ0) is 19.1. The molecule has 0 bridgehead atoms. The summed E-state index contributed by atoms with van der Waals surface area (Å²) in [6.45, 7) is 10.1. The van der Waals surface area contributed by atoms with Crippen molar-refractivity contribution < 1.29 is 17.2 Å². The van der Waals surface area contributed by atoms with Gasteiger partial charge in [0.15, 0.2) is 0 Å². The van der Waals surface area contributed by atoms with Gasteiger partial charge in [-0.15, -0.1) is 0 Å². The van der Waals surface area contributed by atoms with Gasteiger partial charge in [-0.1, -0.05) is 25.7 Å². The van der Waals surface area contributed by atoms with Crippen molar-refractivity contribution in [3.05, 3.63) is 0 Å². The van der Waals surface area contributed by atoms with Gasteiger partial charge in [-0.2, -0.15) is 0 Å². The summed E-state index contributed by atoms with van der Waals surface area (Å²) in [6, 6.07) is 0.387. The fourth-order valence-corrected chi connectivity index (χ4v) is 2.17. The highest BCUT2D eigenvalue weighted by atomic mass is 16.5. The molecular weight excluding hydrogens is 318 g/mol. The molecular formula is C19H43N3O3. The Kier molecular flexibility index (Phi) is 14.5. The summed E-state index contributed by atoms with van der Waals surface area (Å²) in [6.07, 6.45) is 6.72. The van der Waals surface area contributed by atoms with Gasteiger partial charge < -0.3 is 15.4 Å². The molecule has 0 fully saturated rings. The maximum Gasteiger partial charge on any atom is 0.246 e. The molecule has 0 saturated heterocycles. The zero-order valence-electron chi connectivity index (χ0n) is 16.9. The van der Waals surface area contributed by atoms with Gasteiger partial charge in [0.05, 0.1) is 12.6 Å². The van der Waals surface area contributed by atoms with Crippen LogP contribution in [0.3, 0.4) is 0 Å². The molecule has 0 rings (SSSR count). The first-order valence-corrected chi connectivity index (χ1v) is 9.68. The lowest BCUT2D eigenvalue weighted by Gasteiger charge is -2.20. The highest BCUT2D eigenvalue weighted by molar-refractivity contribution is 5.78. The second-order valence-electron chi connectivity index (χ2n) is 7.19. The van der Waals surface area contributed by atoms with Gasteiger partial charge in [0, 0.05) is 22.0 Å². The first-order valence-electron chi connectivity index (χ1n) is 9.68. The summed E-state index contributed by atoms with van der Waals surface area (Å²) in [5, 5.41) is 5.84. The Bertz CT molecular complexity index is 370. The second kappa shape index (κ2) is 15.1. The van der Waals surface area contributed by atoms with E-state index in [1.54, 1.807) is 0 Å². The van der Waals surface area contributed by atoms with Crippen molar-refractivity contribution in [2.45, 2.75) is 78.4 Å². The summed E-state index contributed by atoms with van der Waals surface area (Å²) in [5.74, 6) is 0.0703. The number of rotatable bonds is 15. The molecule has 0 radical (unpaired) electrons. The average molecular weight is 362 g/mol. The molecule has 0 aromatic carbocycles. The van der Waals surface area contributed by atoms with Gasteiger partial charge in [0.1, 0.15) is 6.61 Å². The summed E-state index contributed by atoms with van der Waals surface area (Å²) in [4.78, 5) is 25.2. The van der Waals surface area contributed by atoms with E-state index in [0.29, 0.717) is 12.6 Å². The van der Waals surface area contributed by atoms with E-state index in [0.717, 1.165) is 38.8 Å². The van der Waals surface area contributed by atoms with Gasteiger partial charge >= 0.3 is 0 Å². The molecule has 0 saturated carbocycles. The van der Waals surface area contributed by atoms with Crippen molar-refractivity contribution in [1.29, 1.82) is 0 Å². The minimum atomic E-state index is -0.0347. The number of carbonyl (C=O) groups is 2. The van der Waals surface area contributed by atoms with Gasteiger partial charge in [-0.05, 0) is 47.6 Å². The van der Waals surface area contributed by atoms with E-state index in [9.17, 15) is 9.59 Å². The smallest absolute Gasteiger partial charge is 0.246 e. The van der Waals surface area contributed by atoms with Crippen LogP contribution in [-0.2, 0) is 14.3 Å². The molecule has 152 valence electrons. The summed E-state index contributed by atoms with van der Waals surface area (Å²) >= 11 is 0. The average Bonchev–Trinajstić information content (AvgIpc) is 2.54. The third-order valence-electron chi connectivity index (χ3n) is 4.07. The van der Waals surface area contributed by atoms with E-state index in [2.05, 4.69) is 24.5 Å². The second-order valence-corrected chi connectivity index (χ2v) is 7.19. The lowest BCUT2D eigenvalue weighted by Crippen LogP contribution is -2.38. The lowest BCUT2D eigenvalue weighted by atomic mass is 10.1. The number of hydrogen-bond acceptors (Lipinski definition) is 4. The summed E-state index contributed by atoms with van der Waals surface area (Å²) < 4.78 is 5.24. The minimum absolute atomic E-state index is 0. The number of carbonyl (C=O) groups excluding carboxylic acids is 2. The first kappa shape index (κ1) is 23.9. The topological polar surface area (TPSA) is 70.7 Å². The molecule has 25 heavy (non-hydrogen) atoms. The van der Waals surface area contributed by atoms with Crippen molar-refractivity contribution >= 4 is 11.8 Å². The molecule has 2 amide bonds. The van der Waals surface area contributed by atoms with Gasteiger partial charge in [0.25, 0.3) is 0 Å². The van der Waals surface area contributed by atoms with Crippen LogP contribution in [-0.4, -0.2) is 62.1 Å². The van der Waals surface area contributed by atoms with Crippen molar-refractivity contribution in [2.24, 2.45) is 0 Å². The Morgan fingerprint density at radius 1 is 0.880 bits per heavy atom. The fourth-order valence-electron chi connectivity index (χ4n) is 2.17. The quantitative estimate of drug-likeness (QED) is 0.440. The number of hydrogen-bond donors (Lipinski definition) is 2. The third-order valence-corrected chi connectivity index (χ3v) is 4.07. The van der Waals surface area contributed by atoms with E-state index in [-0.39, 0.29) is 27.4 Å². The van der Waals surface area contributed by atoms with E-state index in [1.807, 2.05) is 25.8 Å². The number of amides is 2. The van der Waals surface area contributed by atoms with Gasteiger partial charge in [-0.3, -0.25) is 14.5 Å². The van der Waals surface area contributed by atoms with Crippen molar-refractivity contribution in [2.75, 3.05) is 33.3 Å². The molecule has 0 aliphatic rings. The maximum atomic E-state index is 11.7. The Morgan fingerprint density at radius 3 is 1.84 bits per heavy atom. The van der Waals surface area contributed by atoms with Crippen LogP contribution < -0.4 is 10.6 Å². The monoisotopic (exact) mass is 361 g/mol. The van der Waals surface area contributed by atoms with Gasteiger partial charge in [-0.25, -0.2) is 0 Å². The number of nitrogens with zero attached hydrogens (tertiary/aromatic N) is 1. The molecule has 0 aromatic heterocycles. The Balaban J connectivity index is -0.00000288. The number of likely N-dealkylation sites (N-methyl/N-ethyl adjacent to an activating group) is 1. The molecule has 2 N–H and O–H groups in total. The van der Waals surface area contributed by atoms with Crippen LogP contribution in [0.25, 0.3) is 0 Å². The maximum absolute atomic E-state index is 11.7. The van der Waals surface area contributed by atoms with E-state index in [4.69, 9.17) is 4.74 Å². The predicted octanol–water partition coefficient (Wildman–Crippen LogP) is 2.82. The van der Waals surface area contributed by atoms with E-state index >= 15 is 0 Å². The molecule has 0 heterocycles. The Morgan fingerprint density at radius 2 is 1.36 bits per heavy atom. The molecule has 0 unspecified atom stereocenters. The van der Waals surface area contributed by atoms with Crippen LogP contribution >= 0.6 is 0 Å². The first-order chi connectivity index (χ1) is 11.8. The normalized spacial score (nSPS) is 11.4. The number of ether oxygens (including phenoxy) is 1. The van der Waals surface area contributed by atoms with Crippen LogP contribution in [0, 0.1) is 0 Å². The van der Waals surface area contributed by atoms with Crippen molar-refractivity contribution in [3.8, 4) is 0 Å². The van der Waals surface area contributed by atoms with Crippen molar-refractivity contribution in [1.82, 2.24) is 15.5 Å². The van der Waals surface area contributed by atoms with Crippen LogP contribution in [0.4, 0.5) is 0 Å². The highest BCUT2D eigenvalue weighted by Crippen LogP contribution is 2.04. The molecule has 0 spiro atoms. The molecule has 6 nitrogen and oxygen atoms in total.